The highest BCUT2D eigenvalue weighted by atomic mass is 35.5. The number of carbonyl (C=O) groups is 1. The molecule has 0 aromatic carbocycles. The quantitative estimate of drug-likeness (QED) is 0.615. The van der Waals surface area contributed by atoms with Crippen molar-refractivity contribution in [2.45, 2.75) is 25.8 Å². The van der Waals surface area contributed by atoms with E-state index in [1.807, 2.05) is 0 Å². The van der Waals surface area contributed by atoms with Crippen LogP contribution in [0.4, 0.5) is 17.6 Å². The van der Waals surface area contributed by atoms with Crippen molar-refractivity contribution < 1.29 is 22.4 Å². The van der Waals surface area contributed by atoms with Gasteiger partial charge in [0.05, 0.1) is 11.2 Å². The van der Waals surface area contributed by atoms with Gasteiger partial charge in [-0.05, 0) is 6.92 Å². The van der Waals surface area contributed by atoms with Crippen LogP contribution in [0.2, 0.25) is 5.02 Å². The molecular formula is C8H7ClF4N2O. The zero-order chi connectivity index (χ0) is 12.5. The molecule has 0 fully saturated rings. The minimum atomic E-state index is -4.75. The van der Waals surface area contributed by atoms with Crippen molar-refractivity contribution in [3.05, 3.63) is 16.9 Å². The second-order valence-electron chi connectivity index (χ2n) is 2.91. The lowest BCUT2D eigenvalue weighted by Gasteiger charge is -2.14. The summed E-state index contributed by atoms with van der Waals surface area (Å²) in [6.07, 6.45) is -3.11. The fourth-order valence-corrected chi connectivity index (χ4v) is 1.31. The summed E-state index contributed by atoms with van der Waals surface area (Å²) in [6.45, 7) is 1.59. The average molecular weight is 259 g/mol. The predicted molar refractivity (Wildman–Crippen MR) is 48.2 cm³/mol. The van der Waals surface area contributed by atoms with E-state index in [4.69, 9.17) is 11.6 Å². The Morgan fingerprint density at radius 2 is 2.19 bits per heavy atom. The fourth-order valence-electron chi connectivity index (χ4n) is 1.08. The molecule has 0 radical (unpaired) electrons. The van der Waals surface area contributed by atoms with E-state index < -0.39 is 23.8 Å². The zero-order valence-corrected chi connectivity index (χ0v) is 8.81. The van der Waals surface area contributed by atoms with Crippen LogP contribution >= 0.6 is 11.6 Å². The van der Waals surface area contributed by atoms with Crippen LogP contribution in [0.15, 0.2) is 6.20 Å². The van der Waals surface area contributed by atoms with E-state index in [9.17, 15) is 22.4 Å². The largest absolute Gasteiger partial charge is 0.370 e. The van der Waals surface area contributed by atoms with Gasteiger partial charge in [-0.25, -0.2) is 8.78 Å². The van der Waals surface area contributed by atoms with Gasteiger partial charge in [0.15, 0.2) is 0 Å². The molecule has 3 nitrogen and oxygen atoms in total. The lowest BCUT2D eigenvalue weighted by atomic mass is 10.1. The molecule has 0 spiro atoms. The van der Waals surface area contributed by atoms with Gasteiger partial charge in [0, 0.05) is 6.54 Å². The lowest BCUT2D eigenvalue weighted by molar-refractivity contribution is -0.0962. The zero-order valence-electron chi connectivity index (χ0n) is 8.05. The maximum absolute atomic E-state index is 12.8. The van der Waals surface area contributed by atoms with Gasteiger partial charge in [-0.3, -0.25) is 9.48 Å². The molecule has 0 amide bonds. The van der Waals surface area contributed by atoms with Gasteiger partial charge in [0.1, 0.15) is 5.69 Å². The molecule has 0 atom stereocenters. The Balaban J connectivity index is 3.19. The molecule has 0 aliphatic heterocycles. The van der Waals surface area contributed by atoms with Crippen molar-refractivity contribution in [1.29, 1.82) is 0 Å². The van der Waals surface area contributed by atoms with Gasteiger partial charge in [-0.2, -0.15) is 13.9 Å². The number of aryl methyl sites for hydroxylation is 1. The summed E-state index contributed by atoms with van der Waals surface area (Å²) in [5.74, 6) is -6.77. The van der Waals surface area contributed by atoms with Crippen LogP contribution in [-0.4, -0.2) is 27.9 Å². The monoisotopic (exact) mass is 258 g/mol. The van der Waals surface area contributed by atoms with E-state index in [0.717, 1.165) is 10.9 Å². The summed E-state index contributed by atoms with van der Waals surface area (Å²) in [4.78, 5) is 11.2. The maximum atomic E-state index is 12.8. The third kappa shape index (κ3) is 2.04. The van der Waals surface area contributed by atoms with Gasteiger partial charge in [-0.15, -0.1) is 0 Å². The SMILES string of the molecule is CCn1ncc(Cl)c1C(=O)C(F)(F)C(F)F. The molecule has 1 heterocycles. The number of alkyl halides is 4. The normalized spacial score (nSPS) is 12.2. The molecule has 0 aliphatic carbocycles. The number of rotatable bonds is 4. The van der Waals surface area contributed by atoms with Crippen molar-refractivity contribution >= 4 is 17.4 Å². The van der Waals surface area contributed by atoms with E-state index in [2.05, 4.69) is 5.10 Å². The van der Waals surface area contributed by atoms with E-state index in [0.29, 0.717) is 0 Å². The Bertz CT molecular complexity index is 405. The van der Waals surface area contributed by atoms with Gasteiger partial charge >= 0.3 is 12.3 Å². The fraction of sp³-hybridized carbons (Fsp3) is 0.500. The molecule has 1 aromatic rings. The van der Waals surface area contributed by atoms with Gasteiger partial charge in [0.25, 0.3) is 5.78 Å². The van der Waals surface area contributed by atoms with E-state index in [1.165, 1.54) is 6.92 Å². The second-order valence-corrected chi connectivity index (χ2v) is 3.32. The third-order valence-corrected chi connectivity index (χ3v) is 2.16. The van der Waals surface area contributed by atoms with Crippen LogP contribution in [-0.2, 0) is 6.54 Å². The van der Waals surface area contributed by atoms with Crippen LogP contribution < -0.4 is 0 Å². The Labute approximate surface area is 93.0 Å². The van der Waals surface area contributed by atoms with Crippen molar-refractivity contribution in [2.75, 3.05) is 0 Å². The summed E-state index contributed by atoms with van der Waals surface area (Å²) in [7, 11) is 0. The molecule has 0 bridgehead atoms. The molecule has 0 unspecified atom stereocenters. The Morgan fingerprint density at radius 1 is 1.62 bits per heavy atom. The number of carbonyl (C=O) groups excluding carboxylic acids is 1. The van der Waals surface area contributed by atoms with Gasteiger partial charge < -0.3 is 0 Å². The molecule has 8 heteroatoms. The molecule has 1 rings (SSSR count). The summed E-state index contributed by atoms with van der Waals surface area (Å²) in [5, 5.41) is 3.15. The molecule has 0 saturated carbocycles. The second kappa shape index (κ2) is 4.40. The first-order valence-corrected chi connectivity index (χ1v) is 4.62. The number of nitrogens with zero attached hydrogens (tertiary/aromatic N) is 2. The minimum absolute atomic E-state index is 0.0765. The van der Waals surface area contributed by atoms with Crippen molar-refractivity contribution in [3.63, 3.8) is 0 Å². The average Bonchev–Trinajstić information content (AvgIpc) is 2.57. The molecule has 90 valence electrons. The van der Waals surface area contributed by atoms with Gasteiger partial charge in [-0.1, -0.05) is 11.6 Å². The first-order chi connectivity index (χ1) is 7.32. The number of Topliss-reactive ketones (excluding diaryl/α,β-unsaturated/α-hetero) is 1. The number of halogens is 5. The highest BCUT2D eigenvalue weighted by molar-refractivity contribution is 6.33. The smallest absolute Gasteiger partial charge is 0.285 e. The molecular weight excluding hydrogens is 252 g/mol. The number of ketones is 1. The summed E-state index contributed by atoms with van der Waals surface area (Å²) in [5.41, 5.74) is -0.700. The van der Waals surface area contributed by atoms with E-state index in [1.54, 1.807) is 0 Å². The standard InChI is InChI=1S/C8H7ClF4N2O/c1-2-15-5(4(9)3-14-15)6(16)8(12,13)7(10)11/h3,7H,2H2,1H3. The summed E-state index contributed by atoms with van der Waals surface area (Å²) < 4.78 is 50.4. The van der Waals surface area contributed by atoms with E-state index >= 15 is 0 Å². The van der Waals surface area contributed by atoms with Crippen LogP contribution in [0.1, 0.15) is 17.4 Å². The van der Waals surface area contributed by atoms with Crippen LogP contribution in [0, 0.1) is 0 Å². The van der Waals surface area contributed by atoms with E-state index in [-0.39, 0.29) is 11.6 Å². The summed E-state index contributed by atoms with van der Waals surface area (Å²) >= 11 is 5.45. The highest BCUT2D eigenvalue weighted by Crippen LogP contribution is 2.30. The van der Waals surface area contributed by atoms with Crippen LogP contribution in [0.3, 0.4) is 0 Å². The number of aromatic nitrogens is 2. The molecule has 0 aliphatic rings. The Morgan fingerprint density at radius 3 is 2.62 bits per heavy atom. The number of hydrogen-bond donors (Lipinski definition) is 0. The first kappa shape index (κ1) is 13.0. The molecule has 0 N–H and O–H groups in total. The predicted octanol–water partition coefficient (Wildman–Crippen LogP) is 2.64. The molecule has 16 heavy (non-hydrogen) atoms. The van der Waals surface area contributed by atoms with Gasteiger partial charge in [0.2, 0.25) is 0 Å². The summed E-state index contributed by atoms with van der Waals surface area (Å²) in [6, 6.07) is 0. The van der Waals surface area contributed by atoms with Crippen molar-refractivity contribution in [3.8, 4) is 0 Å². The van der Waals surface area contributed by atoms with Crippen LogP contribution in [0.5, 0.6) is 0 Å². The maximum Gasteiger partial charge on any atom is 0.370 e. The molecule has 0 saturated heterocycles. The first-order valence-electron chi connectivity index (χ1n) is 4.24. The number of hydrogen-bond acceptors (Lipinski definition) is 2. The lowest BCUT2D eigenvalue weighted by Crippen LogP contribution is -2.38. The molecule has 1 aromatic heterocycles. The highest BCUT2D eigenvalue weighted by Gasteiger charge is 2.50. The van der Waals surface area contributed by atoms with Crippen LogP contribution in [0.25, 0.3) is 0 Å². The Hall–Kier alpha value is -1.11. The Kier molecular flexibility index (Phi) is 3.57. The van der Waals surface area contributed by atoms with Crippen molar-refractivity contribution in [2.24, 2.45) is 0 Å². The third-order valence-electron chi connectivity index (χ3n) is 1.89. The van der Waals surface area contributed by atoms with Crippen molar-refractivity contribution in [1.82, 2.24) is 9.78 Å². The topological polar surface area (TPSA) is 34.9 Å². The minimum Gasteiger partial charge on any atom is -0.285 e.